The third-order valence-corrected chi connectivity index (χ3v) is 6.29. The van der Waals surface area contributed by atoms with Crippen LogP contribution >= 0.6 is 0 Å². The summed E-state index contributed by atoms with van der Waals surface area (Å²) in [5.74, 6) is 0.730. The molecule has 4 rings (SSSR count). The van der Waals surface area contributed by atoms with E-state index in [1.807, 2.05) is 35.2 Å². The van der Waals surface area contributed by atoms with Gasteiger partial charge >= 0.3 is 0 Å². The third-order valence-electron chi connectivity index (χ3n) is 4.41. The molecule has 1 saturated heterocycles. The molecule has 0 N–H and O–H groups in total. The predicted octanol–water partition coefficient (Wildman–Crippen LogP) is 1.44. The van der Waals surface area contributed by atoms with Gasteiger partial charge in [-0.1, -0.05) is 6.07 Å². The van der Waals surface area contributed by atoms with Crippen molar-refractivity contribution in [2.75, 3.05) is 31.1 Å². The van der Waals surface area contributed by atoms with Crippen molar-refractivity contribution in [1.29, 1.82) is 0 Å². The first-order chi connectivity index (χ1) is 13.1. The Balaban J connectivity index is 1.44. The molecule has 3 aromatic heterocycles. The number of sulfonamides is 1. The topological polar surface area (TPSA) is 92.2 Å². The fraction of sp³-hybridized carbons (Fsp3) is 0.222. The first kappa shape index (κ1) is 17.5. The van der Waals surface area contributed by atoms with Crippen molar-refractivity contribution in [2.24, 2.45) is 0 Å². The van der Waals surface area contributed by atoms with E-state index in [0.717, 1.165) is 11.5 Å². The van der Waals surface area contributed by atoms with Crippen LogP contribution in [-0.4, -0.2) is 59.1 Å². The van der Waals surface area contributed by atoms with Crippen LogP contribution in [0.15, 0.2) is 66.0 Å². The molecule has 1 aliphatic rings. The van der Waals surface area contributed by atoms with Gasteiger partial charge in [-0.2, -0.15) is 4.31 Å². The minimum absolute atomic E-state index is 0.220. The zero-order valence-corrected chi connectivity index (χ0v) is 15.3. The van der Waals surface area contributed by atoms with Gasteiger partial charge in [-0.25, -0.2) is 8.42 Å². The summed E-state index contributed by atoms with van der Waals surface area (Å²) in [7, 11) is -3.51. The standard InChI is InChI=1S/C18H18N6O2S/c25-27(26,15-4-3-8-19-14-15)24-12-10-23(11-13-24)18-7-6-17(21-22-18)16-5-1-2-9-20-16/h1-9,14H,10-13H2. The lowest BCUT2D eigenvalue weighted by atomic mass is 10.2. The molecule has 9 heteroatoms. The average molecular weight is 382 g/mol. The van der Waals surface area contributed by atoms with Crippen LogP contribution in [-0.2, 0) is 10.0 Å². The van der Waals surface area contributed by atoms with E-state index in [9.17, 15) is 8.42 Å². The molecule has 0 aromatic carbocycles. The molecule has 0 amide bonds. The molecule has 1 aliphatic heterocycles. The van der Waals surface area contributed by atoms with Gasteiger partial charge < -0.3 is 4.90 Å². The van der Waals surface area contributed by atoms with E-state index in [1.54, 1.807) is 24.5 Å². The summed E-state index contributed by atoms with van der Waals surface area (Å²) < 4.78 is 26.8. The number of anilines is 1. The zero-order chi connectivity index (χ0) is 18.7. The largest absolute Gasteiger partial charge is 0.352 e. The van der Waals surface area contributed by atoms with Crippen LogP contribution in [0.3, 0.4) is 0 Å². The lowest BCUT2D eigenvalue weighted by Crippen LogP contribution is -2.49. The van der Waals surface area contributed by atoms with Gasteiger partial charge in [-0.3, -0.25) is 9.97 Å². The number of rotatable bonds is 4. The number of pyridine rings is 2. The van der Waals surface area contributed by atoms with Crippen molar-refractivity contribution < 1.29 is 8.42 Å². The highest BCUT2D eigenvalue weighted by atomic mass is 32.2. The lowest BCUT2D eigenvalue weighted by molar-refractivity contribution is 0.383. The Bertz CT molecular complexity index is 989. The summed E-state index contributed by atoms with van der Waals surface area (Å²) in [4.78, 5) is 10.4. The number of hydrogen-bond donors (Lipinski definition) is 0. The van der Waals surface area contributed by atoms with Crippen LogP contribution < -0.4 is 4.90 Å². The van der Waals surface area contributed by atoms with E-state index in [1.165, 1.54) is 10.5 Å². The van der Waals surface area contributed by atoms with Crippen LogP contribution in [0.5, 0.6) is 0 Å². The second-order valence-corrected chi connectivity index (χ2v) is 8.01. The predicted molar refractivity (Wildman–Crippen MR) is 100 cm³/mol. The molecule has 0 aliphatic carbocycles. The summed E-state index contributed by atoms with van der Waals surface area (Å²) in [6, 6.07) is 12.6. The van der Waals surface area contributed by atoms with Crippen molar-refractivity contribution in [3.63, 3.8) is 0 Å². The van der Waals surface area contributed by atoms with Gasteiger partial charge in [0.2, 0.25) is 10.0 Å². The zero-order valence-electron chi connectivity index (χ0n) is 14.5. The quantitative estimate of drug-likeness (QED) is 0.674. The van der Waals surface area contributed by atoms with E-state index in [0.29, 0.717) is 31.9 Å². The smallest absolute Gasteiger partial charge is 0.244 e. The molecule has 0 unspecified atom stereocenters. The van der Waals surface area contributed by atoms with Gasteiger partial charge in [0.25, 0.3) is 0 Å². The molecule has 3 aromatic rings. The minimum atomic E-state index is -3.51. The van der Waals surface area contributed by atoms with Crippen LogP contribution in [0.4, 0.5) is 5.82 Å². The second kappa shape index (κ2) is 7.37. The highest BCUT2D eigenvalue weighted by molar-refractivity contribution is 7.89. The molecule has 0 atom stereocenters. The highest BCUT2D eigenvalue weighted by Gasteiger charge is 2.29. The van der Waals surface area contributed by atoms with Gasteiger partial charge in [-0.15, -0.1) is 10.2 Å². The number of nitrogens with zero attached hydrogens (tertiary/aromatic N) is 6. The summed E-state index contributed by atoms with van der Waals surface area (Å²) in [5, 5.41) is 8.53. The Morgan fingerprint density at radius 3 is 2.30 bits per heavy atom. The second-order valence-electron chi connectivity index (χ2n) is 6.07. The first-order valence-electron chi connectivity index (χ1n) is 8.55. The average Bonchev–Trinajstić information content (AvgIpc) is 2.75. The molecule has 0 bridgehead atoms. The molecular formula is C18H18N6O2S. The Kier molecular flexibility index (Phi) is 4.78. The van der Waals surface area contributed by atoms with Gasteiger partial charge in [0.15, 0.2) is 5.82 Å². The van der Waals surface area contributed by atoms with E-state index in [4.69, 9.17) is 0 Å². The number of piperazine rings is 1. The molecule has 4 heterocycles. The van der Waals surface area contributed by atoms with Crippen LogP contribution in [0, 0.1) is 0 Å². The SMILES string of the molecule is O=S(=O)(c1cccnc1)N1CCN(c2ccc(-c3ccccn3)nn2)CC1. The lowest BCUT2D eigenvalue weighted by Gasteiger charge is -2.34. The molecule has 8 nitrogen and oxygen atoms in total. The maximum atomic E-state index is 12.7. The van der Waals surface area contributed by atoms with E-state index in [-0.39, 0.29) is 4.90 Å². The first-order valence-corrected chi connectivity index (χ1v) is 9.99. The summed E-state index contributed by atoms with van der Waals surface area (Å²) >= 11 is 0. The summed E-state index contributed by atoms with van der Waals surface area (Å²) in [6.07, 6.45) is 4.65. The van der Waals surface area contributed by atoms with E-state index in [2.05, 4.69) is 20.2 Å². The van der Waals surface area contributed by atoms with Crippen LogP contribution in [0.1, 0.15) is 0 Å². The van der Waals surface area contributed by atoms with Gasteiger partial charge in [-0.05, 0) is 36.4 Å². The fourth-order valence-electron chi connectivity index (χ4n) is 2.95. The number of aromatic nitrogens is 4. The molecule has 27 heavy (non-hydrogen) atoms. The summed E-state index contributed by atoms with van der Waals surface area (Å²) in [6.45, 7) is 1.88. The fourth-order valence-corrected chi connectivity index (χ4v) is 4.34. The van der Waals surface area contributed by atoms with Gasteiger partial charge in [0.05, 0.1) is 5.69 Å². The molecule has 0 saturated carbocycles. The maximum Gasteiger partial charge on any atom is 0.244 e. The molecule has 138 valence electrons. The Morgan fingerprint density at radius 2 is 1.67 bits per heavy atom. The molecule has 1 fully saturated rings. The molecular weight excluding hydrogens is 364 g/mol. The summed E-state index contributed by atoms with van der Waals surface area (Å²) in [5.41, 5.74) is 1.47. The molecule has 0 radical (unpaired) electrons. The third kappa shape index (κ3) is 3.64. The van der Waals surface area contributed by atoms with Crippen molar-refractivity contribution in [3.05, 3.63) is 61.1 Å². The highest BCUT2D eigenvalue weighted by Crippen LogP contribution is 2.20. The van der Waals surface area contributed by atoms with Gasteiger partial charge in [0.1, 0.15) is 10.6 Å². The molecule has 0 spiro atoms. The van der Waals surface area contributed by atoms with Crippen molar-refractivity contribution in [2.45, 2.75) is 4.90 Å². The van der Waals surface area contributed by atoms with Crippen molar-refractivity contribution in [3.8, 4) is 11.4 Å². The van der Waals surface area contributed by atoms with Crippen molar-refractivity contribution in [1.82, 2.24) is 24.5 Å². The van der Waals surface area contributed by atoms with Crippen LogP contribution in [0.25, 0.3) is 11.4 Å². The Labute approximate surface area is 157 Å². The van der Waals surface area contributed by atoms with Gasteiger partial charge in [0, 0.05) is 44.8 Å². The Hall–Kier alpha value is -2.91. The normalized spacial score (nSPS) is 15.6. The maximum absolute atomic E-state index is 12.7. The minimum Gasteiger partial charge on any atom is -0.352 e. The number of hydrogen-bond acceptors (Lipinski definition) is 7. The van der Waals surface area contributed by atoms with E-state index >= 15 is 0 Å². The van der Waals surface area contributed by atoms with E-state index < -0.39 is 10.0 Å². The monoisotopic (exact) mass is 382 g/mol. The van der Waals surface area contributed by atoms with Crippen LogP contribution in [0.2, 0.25) is 0 Å². The Morgan fingerprint density at radius 1 is 0.815 bits per heavy atom. The van der Waals surface area contributed by atoms with Crippen molar-refractivity contribution >= 4 is 15.8 Å².